The normalized spacial score (nSPS) is 32.3. The number of aliphatic hydroxyl groups excluding tert-OH is 1. The van der Waals surface area contributed by atoms with E-state index in [0.717, 1.165) is 38.2 Å². The van der Waals surface area contributed by atoms with Crippen molar-refractivity contribution in [1.29, 1.82) is 0 Å². The number of pyridine rings is 1. The Labute approximate surface area is 135 Å². The molecule has 2 aliphatic heterocycles. The lowest BCUT2D eigenvalue weighted by Gasteiger charge is -2.49. The van der Waals surface area contributed by atoms with Gasteiger partial charge in [-0.1, -0.05) is 11.6 Å². The fourth-order valence-electron chi connectivity index (χ4n) is 3.43. The summed E-state index contributed by atoms with van der Waals surface area (Å²) in [5.41, 5.74) is -0.350. The van der Waals surface area contributed by atoms with E-state index in [1.807, 2.05) is 12.1 Å². The summed E-state index contributed by atoms with van der Waals surface area (Å²) in [5.74, 6) is 0. The van der Waals surface area contributed by atoms with Crippen LogP contribution in [-0.4, -0.2) is 57.1 Å². The van der Waals surface area contributed by atoms with Gasteiger partial charge in [0.15, 0.2) is 0 Å². The van der Waals surface area contributed by atoms with Gasteiger partial charge in [-0.15, -0.1) is 0 Å². The van der Waals surface area contributed by atoms with E-state index in [4.69, 9.17) is 16.3 Å². The molecule has 0 bridgehead atoms. The van der Waals surface area contributed by atoms with Gasteiger partial charge in [0, 0.05) is 32.3 Å². The van der Waals surface area contributed by atoms with E-state index in [2.05, 4.69) is 9.88 Å². The number of ether oxygens (including phenoxy) is 1. The highest BCUT2D eigenvalue weighted by Gasteiger charge is 2.48. The van der Waals surface area contributed by atoms with Crippen molar-refractivity contribution < 1.29 is 14.9 Å². The standard InChI is InChI=1S/C16H23ClN2O3/c1-15(21)11-16(22-10-14(15)20)4-6-19(7-5-16)9-13-3-2-12(17)8-18-13/h2-3,8,14,20-21H,4-7,9-11H2,1H3/t14-,15-/m0/s1. The maximum Gasteiger partial charge on any atom is 0.106 e. The highest BCUT2D eigenvalue weighted by atomic mass is 35.5. The lowest BCUT2D eigenvalue weighted by atomic mass is 9.76. The topological polar surface area (TPSA) is 65.8 Å². The largest absolute Gasteiger partial charge is 0.388 e. The maximum absolute atomic E-state index is 10.3. The van der Waals surface area contributed by atoms with Crippen LogP contribution in [0.3, 0.4) is 0 Å². The van der Waals surface area contributed by atoms with Gasteiger partial charge in [-0.25, -0.2) is 0 Å². The number of hydrogen-bond donors (Lipinski definition) is 2. The van der Waals surface area contributed by atoms with Crippen molar-refractivity contribution in [3.8, 4) is 0 Å². The van der Waals surface area contributed by atoms with Crippen LogP contribution in [0.1, 0.15) is 31.9 Å². The Hall–Kier alpha value is -0.720. The number of nitrogens with zero attached hydrogens (tertiary/aromatic N) is 2. The monoisotopic (exact) mass is 326 g/mol. The Morgan fingerprint density at radius 3 is 2.73 bits per heavy atom. The molecule has 0 aliphatic carbocycles. The molecule has 1 aromatic rings. The number of rotatable bonds is 2. The Morgan fingerprint density at radius 2 is 2.14 bits per heavy atom. The average molecular weight is 327 g/mol. The molecule has 1 spiro atoms. The summed E-state index contributed by atoms with van der Waals surface area (Å²) in [5, 5.41) is 20.8. The first-order valence-corrected chi connectivity index (χ1v) is 8.14. The summed E-state index contributed by atoms with van der Waals surface area (Å²) in [6.07, 6.45) is 3.10. The Morgan fingerprint density at radius 1 is 1.41 bits per heavy atom. The maximum atomic E-state index is 10.3. The lowest BCUT2D eigenvalue weighted by molar-refractivity contribution is -0.223. The Bertz CT molecular complexity index is 513. The van der Waals surface area contributed by atoms with Crippen LogP contribution in [0.5, 0.6) is 0 Å². The molecule has 2 N–H and O–H groups in total. The summed E-state index contributed by atoms with van der Waals surface area (Å²) in [6, 6.07) is 3.81. The first-order valence-electron chi connectivity index (χ1n) is 7.76. The summed E-state index contributed by atoms with van der Waals surface area (Å²) in [4.78, 5) is 6.67. The van der Waals surface area contributed by atoms with Gasteiger partial charge in [-0.2, -0.15) is 0 Å². The number of aliphatic hydroxyl groups is 2. The molecule has 3 rings (SSSR count). The van der Waals surface area contributed by atoms with Gasteiger partial charge >= 0.3 is 0 Å². The zero-order chi connectivity index (χ0) is 15.8. The van der Waals surface area contributed by atoms with Gasteiger partial charge in [-0.3, -0.25) is 9.88 Å². The molecular formula is C16H23ClN2O3. The number of aromatic nitrogens is 1. The van der Waals surface area contributed by atoms with Crippen LogP contribution < -0.4 is 0 Å². The van der Waals surface area contributed by atoms with E-state index < -0.39 is 11.7 Å². The molecule has 1 aromatic heterocycles. The van der Waals surface area contributed by atoms with Crippen LogP contribution in [0.15, 0.2) is 18.3 Å². The van der Waals surface area contributed by atoms with Gasteiger partial charge < -0.3 is 14.9 Å². The quantitative estimate of drug-likeness (QED) is 0.864. The molecule has 0 aromatic carbocycles. The summed E-state index contributed by atoms with van der Waals surface area (Å²) in [7, 11) is 0. The predicted molar refractivity (Wildman–Crippen MR) is 83.7 cm³/mol. The molecule has 0 saturated carbocycles. The summed E-state index contributed by atoms with van der Waals surface area (Å²) >= 11 is 5.85. The van der Waals surface area contributed by atoms with Gasteiger partial charge in [0.2, 0.25) is 0 Å². The SMILES string of the molecule is C[C@]1(O)CC2(CCN(Cc3ccc(Cl)cn3)CC2)OC[C@@H]1O. The van der Waals surface area contributed by atoms with Crippen molar-refractivity contribution >= 4 is 11.6 Å². The highest BCUT2D eigenvalue weighted by Crippen LogP contribution is 2.39. The predicted octanol–water partition coefficient (Wildman–Crippen LogP) is 1.60. The van der Waals surface area contributed by atoms with E-state index in [1.165, 1.54) is 0 Å². The number of piperidine rings is 1. The summed E-state index contributed by atoms with van der Waals surface area (Å²) in [6.45, 7) is 4.51. The minimum absolute atomic E-state index is 0.214. The molecule has 2 atom stereocenters. The molecule has 122 valence electrons. The fraction of sp³-hybridized carbons (Fsp3) is 0.688. The van der Waals surface area contributed by atoms with Crippen LogP contribution in [0.25, 0.3) is 0 Å². The van der Waals surface area contributed by atoms with Gasteiger partial charge in [0.25, 0.3) is 0 Å². The third-order valence-electron chi connectivity index (χ3n) is 4.89. The molecule has 2 aliphatic rings. The average Bonchev–Trinajstić information content (AvgIpc) is 2.48. The van der Waals surface area contributed by atoms with Crippen molar-refractivity contribution in [2.24, 2.45) is 0 Å². The second-order valence-corrected chi connectivity index (χ2v) is 7.22. The summed E-state index contributed by atoms with van der Waals surface area (Å²) < 4.78 is 5.90. The highest BCUT2D eigenvalue weighted by molar-refractivity contribution is 6.30. The minimum atomic E-state index is -1.06. The zero-order valence-corrected chi connectivity index (χ0v) is 13.6. The van der Waals surface area contributed by atoms with Crippen LogP contribution in [0, 0.1) is 0 Å². The molecule has 0 radical (unpaired) electrons. The lowest BCUT2D eigenvalue weighted by Crippen LogP contribution is -2.59. The van der Waals surface area contributed by atoms with E-state index >= 15 is 0 Å². The van der Waals surface area contributed by atoms with E-state index in [1.54, 1.807) is 13.1 Å². The zero-order valence-electron chi connectivity index (χ0n) is 12.8. The van der Waals surface area contributed by atoms with Crippen LogP contribution in [0.4, 0.5) is 0 Å². The first kappa shape index (κ1) is 16.1. The van der Waals surface area contributed by atoms with Crippen molar-refractivity contribution in [2.75, 3.05) is 19.7 Å². The number of halogens is 1. The Kier molecular flexibility index (Phi) is 4.45. The molecule has 2 fully saturated rings. The van der Waals surface area contributed by atoms with Gasteiger partial charge in [0.05, 0.1) is 28.5 Å². The van der Waals surface area contributed by atoms with Gasteiger partial charge in [0.1, 0.15) is 6.10 Å². The fourth-order valence-corrected chi connectivity index (χ4v) is 3.54. The van der Waals surface area contributed by atoms with E-state index in [-0.39, 0.29) is 12.2 Å². The molecule has 6 heteroatoms. The van der Waals surface area contributed by atoms with Crippen molar-refractivity contribution in [2.45, 2.75) is 50.0 Å². The molecule has 0 amide bonds. The van der Waals surface area contributed by atoms with E-state index in [9.17, 15) is 10.2 Å². The second kappa shape index (κ2) is 6.06. The van der Waals surface area contributed by atoms with Crippen LogP contribution in [0.2, 0.25) is 5.02 Å². The molecular weight excluding hydrogens is 304 g/mol. The third-order valence-corrected chi connectivity index (χ3v) is 5.11. The molecule has 3 heterocycles. The minimum Gasteiger partial charge on any atom is -0.388 e. The molecule has 22 heavy (non-hydrogen) atoms. The smallest absolute Gasteiger partial charge is 0.106 e. The first-order chi connectivity index (χ1) is 10.4. The molecule has 0 unspecified atom stereocenters. The van der Waals surface area contributed by atoms with Crippen molar-refractivity contribution in [1.82, 2.24) is 9.88 Å². The van der Waals surface area contributed by atoms with Crippen molar-refractivity contribution in [3.63, 3.8) is 0 Å². The van der Waals surface area contributed by atoms with Crippen molar-refractivity contribution in [3.05, 3.63) is 29.0 Å². The van der Waals surface area contributed by atoms with Crippen LogP contribution in [-0.2, 0) is 11.3 Å². The Balaban J connectivity index is 1.57. The molecule has 2 saturated heterocycles. The van der Waals surface area contributed by atoms with Gasteiger partial charge in [-0.05, 0) is 31.9 Å². The van der Waals surface area contributed by atoms with Crippen LogP contribution >= 0.6 is 11.6 Å². The molecule has 5 nitrogen and oxygen atoms in total. The second-order valence-electron chi connectivity index (χ2n) is 6.79. The number of likely N-dealkylation sites (tertiary alicyclic amines) is 1. The number of hydrogen-bond acceptors (Lipinski definition) is 5. The third kappa shape index (κ3) is 3.44. The van der Waals surface area contributed by atoms with E-state index in [0.29, 0.717) is 11.4 Å².